The summed E-state index contributed by atoms with van der Waals surface area (Å²) in [7, 11) is 1.91. The molecule has 1 N–H and O–H groups in total. The predicted molar refractivity (Wildman–Crippen MR) is 103 cm³/mol. The van der Waals surface area contributed by atoms with E-state index in [-0.39, 0.29) is 5.91 Å². The van der Waals surface area contributed by atoms with Gasteiger partial charge in [0.15, 0.2) is 0 Å². The number of nitrogens with one attached hydrogen (secondary N) is 1. The van der Waals surface area contributed by atoms with Crippen molar-refractivity contribution in [3.8, 4) is 5.75 Å². The number of amides is 1. The van der Waals surface area contributed by atoms with Gasteiger partial charge in [-0.2, -0.15) is 0 Å². The lowest BCUT2D eigenvalue weighted by molar-refractivity contribution is 0.0703. The number of benzene rings is 2. The molecule has 0 aliphatic carbocycles. The molecule has 0 atom stereocenters. The van der Waals surface area contributed by atoms with Crippen molar-refractivity contribution in [2.45, 2.75) is 25.5 Å². The normalized spacial score (nSPS) is 15.0. The lowest BCUT2D eigenvalue weighted by Crippen LogP contribution is -2.43. The van der Waals surface area contributed by atoms with Crippen LogP contribution >= 0.6 is 15.9 Å². The van der Waals surface area contributed by atoms with Crippen LogP contribution in [0.1, 0.15) is 28.8 Å². The van der Waals surface area contributed by atoms with Crippen LogP contribution in [0, 0.1) is 0 Å². The summed E-state index contributed by atoms with van der Waals surface area (Å²) in [6.07, 6.45) is 2.03. The van der Waals surface area contributed by atoms with Crippen molar-refractivity contribution >= 4 is 21.8 Å². The number of hydrogen-bond donors (Lipinski definition) is 1. The van der Waals surface area contributed by atoms with Crippen LogP contribution in [0.3, 0.4) is 0 Å². The summed E-state index contributed by atoms with van der Waals surface area (Å²) in [5.41, 5.74) is 1.77. The zero-order valence-electron chi connectivity index (χ0n) is 14.4. The number of halogens is 1. The monoisotopic (exact) mass is 402 g/mol. The van der Waals surface area contributed by atoms with Crippen LogP contribution < -0.4 is 10.1 Å². The summed E-state index contributed by atoms with van der Waals surface area (Å²) in [5.74, 6) is 0.909. The molecule has 1 aliphatic rings. The fourth-order valence-electron chi connectivity index (χ4n) is 3.03. The zero-order chi connectivity index (χ0) is 17.6. The van der Waals surface area contributed by atoms with Crippen LogP contribution in [0.4, 0.5) is 0 Å². The minimum Gasteiger partial charge on any atom is -0.489 e. The Hall–Kier alpha value is -1.85. The number of piperidine rings is 1. The minimum absolute atomic E-state index is 0.0892. The number of carbonyl (C=O) groups excluding carboxylic acids is 1. The van der Waals surface area contributed by atoms with Gasteiger partial charge in [0, 0.05) is 23.1 Å². The Morgan fingerprint density at radius 3 is 2.60 bits per heavy atom. The van der Waals surface area contributed by atoms with E-state index in [4.69, 9.17) is 4.74 Å². The zero-order valence-corrected chi connectivity index (χ0v) is 16.0. The van der Waals surface area contributed by atoms with Gasteiger partial charge in [0.1, 0.15) is 12.4 Å². The van der Waals surface area contributed by atoms with Gasteiger partial charge in [-0.1, -0.05) is 34.1 Å². The topological polar surface area (TPSA) is 41.6 Å². The first kappa shape index (κ1) is 18.0. The van der Waals surface area contributed by atoms with E-state index < -0.39 is 0 Å². The number of ether oxygens (including phenoxy) is 1. The van der Waals surface area contributed by atoms with E-state index in [0.717, 1.165) is 47.3 Å². The average molecular weight is 403 g/mol. The third-order valence-electron chi connectivity index (χ3n) is 4.58. The molecule has 0 bridgehead atoms. The van der Waals surface area contributed by atoms with Crippen LogP contribution in [-0.2, 0) is 6.61 Å². The highest BCUT2D eigenvalue weighted by molar-refractivity contribution is 9.10. The Morgan fingerprint density at radius 1 is 1.20 bits per heavy atom. The highest BCUT2D eigenvalue weighted by atomic mass is 79.9. The van der Waals surface area contributed by atoms with Gasteiger partial charge < -0.3 is 15.0 Å². The summed E-state index contributed by atoms with van der Waals surface area (Å²) in [6, 6.07) is 15.8. The number of hydrogen-bond acceptors (Lipinski definition) is 3. The third-order valence-corrected chi connectivity index (χ3v) is 5.07. The van der Waals surface area contributed by atoms with Crippen molar-refractivity contribution in [1.82, 2.24) is 10.2 Å². The smallest absolute Gasteiger partial charge is 0.253 e. The van der Waals surface area contributed by atoms with Crippen LogP contribution in [0.5, 0.6) is 5.75 Å². The first-order valence-corrected chi connectivity index (χ1v) is 9.38. The quantitative estimate of drug-likeness (QED) is 0.825. The molecule has 0 aromatic heterocycles. The lowest BCUT2D eigenvalue weighted by Gasteiger charge is -2.31. The first-order valence-electron chi connectivity index (χ1n) is 8.58. The summed E-state index contributed by atoms with van der Waals surface area (Å²) < 4.78 is 6.78. The Morgan fingerprint density at radius 2 is 1.92 bits per heavy atom. The van der Waals surface area contributed by atoms with Gasteiger partial charge in [-0.05, 0) is 61.8 Å². The molecule has 0 saturated carbocycles. The highest BCUT2D eigenvalue weighted by Crippen LogP contribution is 2.19. The first-order chi connectivity index (χ1) is 12.1. The molecule has 1 aliphatic heterocycles. The molecule has 1 amide bonds. The highest BCUT2D eigenvalue weighted by Gasteiger charge is 2.22. The van der Waals surface area contributed by atoms with Crippen molar-refractivity contribution < 1.29 is 9.53 Å². The van der Waals surface area contributed by atoms with E-state index in [1.807, 2.05) is 60.5 Å². The van der Waals surface area contributed by atoms with Gasteiger partial charge >= 0.3 is 0 Å². The van der Waals surface area contributed by atoms with Crippen LogP contribution in [0.2, 0.25) is 0 Å². The second-order valence-corrected chi connectivity index (χ2v) is 7.26. The maximum atomic E-state index is 12.6. The summed E-state index contributed by atoms with van der Waals surface area (Å²) in [6.45, 7) is 2.44. The van der Waals surface area contributed by atoms with Crippen LogP contribution in [0.15, 0.2) is 53.0 Å². The minimum atomic E-state index is 0.0892. The van der Waals surface area contributed by atoms with Gasteiger partial charge in [0.05, 0.1) is 0 Å². The second kappa shape index (κ2) is 8.50. The van der Waals surface area contributed by atoms with Crippen molar-refractivity contribution in [3.63, 3.8) is 0 Å². The van der Waals surface area contributed by atoms with E-state index in [9.17, 15) is 4.79 Å². The molecule has 1 heterocycles. The van der Waals surface area contributed by atoms with Crippen LogP contribution in [-0.4, -0.2) is 37.0 Å². The molecule has 3 rings (SSSR count). The van der Waals surface area contributed by atoms with E-state index in [2.05, 4.69) is 21.2 Å². The summed E-state index contributed by atoms with van der Waals surface area (Å²) in [5, 5.41) is 3.33. The Kier molecular flexibility index (Phi) is 6.10. The molecule has 1 fully saturated rings. The largest absolute Gasteiger partial charge is 0.489 e. The fraction of sp³-hybridized carbons (Fsp3) is 0.350. The molecule has 132 valence electrons. The number of carbonyl (C=O) groups is 1. The fourth-order valence-corrected chi connectivity index (χ4v) is 3.41. The maximum absolute atomic E-state index is 12.6. The van der Waals surface area contributed by atoms with Crippen molar-refractivity contribution in [2.24, 2.45) is 0 Å². The van der Waals surface area contributed by atoms with Gasteiger partial charge in [-0.25, -0.2) is 0 Å². The molecule has 0 unspecified atom stereocenters. The molecule has 25 heavy (non-hydrogen) atoms. The molecular weight excluding hydrogens is 380 g/mol. The Bertz CT molecular complexity index is 712. The summed E-state index contributed by atoms with van der Waals surface area (Å²) in [4.78, 5) is 14.5. The third kappa shape index (κ3) is 4.83. The molecule has 4 nitrogen and oxygen atoms in total. The van der Waals surface area contributed by atoms with Gasteiger partial charge in [-0.3, -0.25) is 4.79 Å². The van der Waals surface area contributed by atoms with Gasteiger partial charge in [-0.15, -0.1) is 0 Å². The molecule has 2 aromatic carbocycles. The van der Waals surface area contributed by atoms with Gasteiger partial charge in [0.25, 0.3) is 5.91 Å². The number of rotatable bonds is 5. The van der Waals surface area contributed by atoms with Crippen molar-refractivity contribution in [1.29, 1.82) is 0 Å². The summed E-state index contributed by atoms with van der Waals surface area (Å²) >= 11 is 3.43. The van der Waals surface area contributed by atoms with Gasteiger partial charge in [0.2, 0.25) is 0 Å². The second-order valence-electron chi connectivity index (χ2n) is 6.34. The Balaban J connectivity index is 1.58. The molecule has 1 saturated heterocycles. The standard InChI is InChI=1S/C20H23BrN2O2/c1-23(18-9-11-22-12-10-18)20(24)16-7-5-15(6-8-16)14-25-19-4-2-3-17(21)13-19/h2-8,13,18,22H,9-12,14H2,1H3. The average Bonchev–Trinajstić information content (AvgIpc) is 2.66. The molecule has 0 radical (unpaired) electrons. The SMILES string of the molecule is CN(C(=O)c1ccc(COc2cccc(Br)c2)cc1)C1CCNCC1. The van der Waals surface area contributed by atoms with Crippen molar-refractivity contribution in [3.05, 3.63) is 64.1 Å². The number of nitrogens with zero attached hydrogens (tertiary/aromatic N) is 1. The lowest BCUT2D eigenvalue weighted by atomic mass is 10.0. The van der Waals surface area contributed by atoms with Crippen molar-refractivity contribution in [2.75, 3.05) is 20.1 Å². The predicted octanol–water partition coefficient (Wildman–Crippen LogP) is 3.85. The van der Waals surface area contributed by atoms with E-state index in [1.54, 1.807) is 0 Å². The van der Waals surface area contributed by atoms with Crippen LogP contribution in [0.25, 0.3) is 0 Å². The molecule has 5 heteroatoms. The maximum Gasteiger partial charge on any atom is 0.253 e. The van der Waals surface area contributed by atoms with E-state index in [0.29, 0.717) is 12.6 Å². The molecular formula is C20H23BrN2O2. The Labute approximate surface area is 157 Å². The molecule has 2 aromatic rings. The van der Waals surface area contributed by atoms with E-state index >= 15 is 0 Å². The molecule has 0 spiro atoms. The van der Waals surface area contributed by atoms with E-state index in [1.165, 1.54) is 0 Å².